The number of nitro groups is 1. The number of benzene rings is 2. The van der Waals surface area contributed by atoms with Crippen LogP contribution >= 0.6 is 0 Å². The first-order valence-corrected chi connectivity index (χ1v) is 8.42. The molecule has 0 aromatic heterocycles. The molecule has 0 heterocycles. The van der Waals surface area contributed by atoms with Crippen LogP contribution in [0.15, 0.2) is 42.5 Å². The van der Waals surface area contributed by atoms with Crippen LogP contribution in [0.25, 0.3) is 0 Å². The van der Waals surface area contributed by atoms with E-state index in [1.54, 1.807) is 0 Å². The molecule has 0 radical (unpaired) electrons. The Kier molecular flexibility index (Phi) is 6.61. The Balaban J connectivity index is 1.95. The molecule has 2 aromatic rings. The second-order valence-corrected chi connectivity index (χ2v) is 6.40. The Morgan fingerprint density at radius 3 is 2.36 bits per heavy atom. The van der Waals surface area contributed by atoms with Gasteiger partial charge in [-0.15, -0.1) is 0 Å². The number of anilines is 1. The molecular formula is C19H19F3N2O4. The maximum atomic E-state index is 12.7. The summed E-state index contributed by atoms with van der Waals surface area (Å²) in [5.74, 6) is -0.317. The van der Waals surface area contributed by atoms with Crippen LogP contribution < -0.4 is 5.32 Å². The molecule has 0 atom stereocenters. The van der Waals surface area contributed by atoms with Gasteiger partial charge in [-0.25, -0.2) is 0 Å². The first-order valence-electron chi connectivity index (χ1n) is 8.42. The van der Waals surface area contributed by atoms with Gasteiger partial charge >= 0.3 is 12.1 Å². The molecule has 0 aliphatic heterocycles. The van der Waals surface area contributed by atoms with Gasteiger partial charge in [0.15, 0.2) is 0 Å². The van der Waals surface area contributed by atoms with Crippen molar-refractivity contribution < 1.29 is 27.6 Å². The lowest BCUT2D eigenvalue weighted by atomic mass is 10.0. The summed E-state index contributed by atoms with van der Waals surface area (Å²) in [7, 11) is 0. The van der Waals surface area contributed by atoms with Gasteiger partial charge in [-0.3, -0.25) is 14.9 Å². The predicted molar refractivity (Wildman–Crippen MR) is 96.9 cm³/mol. The molecule has 9 heteroatoms. The second-order valence-electron chi connectivity index (χ2n) is 6.40. The Bertz CT molecular complexity index is 849. The highest BCUT2D eigenvalue weighted by Crippen LogP contribution is 2.34. The third kappa shape index (κ3) is 5.70. The maximum absolute atomic E-state index is 12.7. The molecule has 0 aliphatic carbocycles. The molecule has 0 bridgehead atoms. The van der Waals surface area contributed by atoms with Gasteiger partial charge in [-0.2, -0.15) is 13.2 Å². The van der Waals surface area contributed by atoms with E-state index >= 15 is 0 Å². The van der Waals surface area contributed by atoms with Gasteiger partial charge in [-0.1, -0.05) is 38.1 Å². The molecule has 6 nitrogen and oxygen atoms in total. The molecular weight excluding hydrogens is 377 g/mol. The van der Waals surface area contributed by atoms with Gasteiger partial charge in [-0.05, 0) is 29.2 Å². The van der Waals surface area contributed by atoms with E-state index in [-0.39, 0.29) is 12.3 Å². The van der Waals surface area contributed by atoms with Crippen molar-refractivity contribution in [3.8, 4) is 0 Å². The van der Waals surface area contributed by atoms with Crippen molar-refractivity contribution in [3.63, 3.8) is 0 Å². The zero-order chi connectivity index (χ0) is 20.9. The van der Waals surface area contributed by atoms with Crippen molar-refractivity contribution in [2.45, 2.75) is 32.5 Å². The van der Waals surface area contributed by atoms with E-state index in [2.05, 4.69) is 19.2 Å². The van der Waals surface area contributed by atoms with Crippen LogP contribution in [0.4, 0.5) is 24.5 Å². The minimum absolute atomic E-state index is 0.0218. The number of halogens is 3. The largest absolute Gasteiger partial charge is 0.460 e. The van der Waals surface area contributed by atoms with Crippen LogP contribution in [0.2, 0.25) is 0 Å². The average molecular weight is 396 g/mol. The lowest BCUT2D eigenvalue weighted by Gasteiger charge is -2.11. The summed E-state index contributed by atoms with van der Waals surface area (Å²) < 4.78 is 43.1. The fourth-order valence-corrected chi connectivity index (χ4v) is 2.39. The number of carbonyl (C=O) groups is 1. The highest BCUT2D eigenvalue weighted by atomic mass is 19.4. The SMILES string of the molecule is CC(C)c1ccc(COC(=O)CNc2ccc(C(F)(F)F)cc2[N+](=O)[O-])cc1. The van der Waals surface area contributed by atoms with E-state index in [1.165, 1.54) is 0 Å². The second kappa shape index (κ2) is 8.73. The van der Waals surface area contributed by atoms with Crippen molar-refractivity contribution in [3.05, 3.63) is 69.3 Å². The molecule has 1 N–H and O–H groups in total. The van der Waals surface area contributed by atoms with Crippen LogP contribution in [0.1, 0.15) is 36.5 Å². The summed E-state index contributed by atoms with van der Waals surface area (Å²) >= 11 is 0. The minimum atomic E-state index is -4.70. The zero-order valence-electron chi connectivity index (χ0n) is 15.2. The fourth-order valence-electron chi connectivity index (χ4n) is 2.39. The Morgan fingerprint density at radius 2 is 1.82 bits per heavy atom. The summed E-state index contributed by atoms with van der Waals surface area (Å²) in [6.45, 7) is 3.71. The lowest BCUT2D eigenvalue weighted by molar-refractivity contribution is -0.384. The highest BCUT2D eigenvalue weighted by molar-refractivity contribution is 5.76. The molecule has 28 heavy (non-hydrogen) atoms. The number of nitro benzene ring substituents is 1. The molecule has 0 unspecified atom stereocenters. The van der Waals surface area contributed by atoms with Crippen LogP contribution in [-0.2, 0) is 22.3 Å². The van der Waals surface area contributed by atoms with Gasteiger partial charge in [0.2, 0.25) is 0 Å². The van der Waals surface area contributed by atoms with Crippen LogP contribution in [-0.4, -0.2) is 17.4 Å². The van der Waals surface area contributed by atoms with Gasteiger partial charge in [0.1, 0.15) is 18.8 Å². The molecule has 2 rings (SSSR count). The Morgan fingerprint density at radius 1 is 1.18 bits per heavy atom. The minimum Gasteiger partial charge on any atom is -0.460 e. The number of hydrogen-bond donors (Lipinski definition) is 1. The number of rotatable bonds is 7. The Labute approximate surface area is 159 Å². The van der Waals surface area contributed by atoms with Crippen molar-refractivity contribution in [1.82, 2.24) is 0 Å². The predicted octanol–water partition coefficient (Wildman–Crippen LogP) is 4.89. The van der Waals surface area contributed by atoms with E-state index in [9.17, 15) is 28.1 Å². The molecule has 0 fully saturated rings. The summed E-state index contributed by atoms with van der Waals surface area (Å²) in [4.78, 5) is 21.9. The average Bonchev–Trinajstić information content (AvgIpc) is 2.64. The quantitative estimate of drug-likeness (QED) is 0.409. The molecule has 0 spiro atoms. The van der Waals surface area contributed by atoms with Crippen molar-refractivity contribution in [2.75, 3.05) is 11.9 Å². The number of alkyl halides is 3. The monoisotopic (exact) mass is 396 g/mol. The molecule has 0 amide bonds. The standard InChI is InChI=1S/C19H19F3N2O4/c1-12(2)14-5-3-13(4-6-14)11-28-18(25)10-23-16-8-7-15(19(20,21)22)9-17(16)24(26)27/h3-9,12,23H,10-11H2,1-2H3. The number of nitrogens with one attached hydrogen (secondary N) is 1. The van der Waals surface area contributed by atoms with Crippen molar-refractivity contribution >= 4 is 17.3 Å². The van der Waals surface area contributed by atoms with Crippen LogP contribution in [0.5, 0.6) is 0 Å². The molecule has 0 saturated carbocycles. The molecule has 150 valence electrons. The maximum Gasteiger partial charge on any atom is 0.416 e. The first kappa shape index (κ1) is 21.2. The number of esters is 1. The summed E-state index contributed by atoms with van der Waals surface area (Å²) in [6.07, 6.45) is -4.70. The lowest BCUT2D eigenvalue weighted by Crippen LogP contribution is -2.17. The fraction of sp³-hybridized carbons (Fsp3) is 0.316. The van der Waals surface area contributed by atoms with Crippen molar-refractivity contribution in [2.24, 2.45) is 0 Å². The topological polar surface area (TPSA) is 81.5 Å². The van der Waals surface area contributed by atoms with E-state index in [0.717, 1.165) is 17.2 Å². The number of nitrogens with zero attached hydrogens (tertiary/aromatic N) is 1. The van der Waals surface area contributed by atoms with Gasteiger partial charge in [0.05, 0.1) is 10.5 Å². The van der Waals surface area contributed by atoms with E-state index in [1.807, 2.05) is 24.3 Å². The number of carbonyl (C=O) groups excluding carboxylic acids is 1. The van der Waals surface area contributed by atoms with Crippen molar-refractivity contribution in [1.29, 1.82) is 0 Å². The molecule has 2 aromatic carbocycles. The zero-order valence-corrected chi connectivity index (χ0v) is 15.2. The number of hydrogen-bond acceptors (Lipinski definition) is 5. The smallest absolute Gasteiger partial charge is 0.416 e. The normalized spacial score (nSPS) is 11.4. The molecule has 0 saturated heterocycles. The summed E-state index contributed by atoms with van der Waals surface area (Å²) in [5.41, 5.74) is -0.190. The van der Waals surface area contributed by atoms with Crippen LogP contribution in [0, 0.1) is 10.1 Å². The van der Waals surface area contributed by atoms with E-state index in [4.69, 9.17) is 4.74 Å². The Hall–Kier alpha value is -3.10. The van der Waals surface area contributed by atoms with E-state index < -0.39 is 34.9 Å². The highest BCUT2D eigenvalue weighted by Gasteiger charge is 2.33. The van der Waals surface area contributed by atoms with Gasteiger partial charge in [0.25, 0.3) is 5.69 Å². The summed E-state index contributed by atoms with van der Waals surface area (Å²) in [6, 6.07) is 9.56. The first-order chi connectivity index (χ1) is 13.1. The summed E-state index contributed by atoms with van der Waals surface area (Å²) in [5, 5.41) is 13.5. The van der Waals surface area contributed by atoms with E-state index in [0.29, 0.717) is 18.1 Å². The van der Waals surface area contributed by atoms with Gasteiger partial charge < -0.3 is 10.1 Å². The van der Waals surface area contributed by atoms with Crippen LogP contribution in [0.3, 0.4) is 0 Å². The van der Waals surface area contributed by atoms with Gasteiger partial charge in [0, 0.05) is 6.07 Å². The third-order valence-corrected chi connectivity index (χ3v) is 3.99. The number of ether oxygens (including phenoxy) is 1. The molecule has 0 aliphatic rings. The third-order valence-electron chi connectivity index (χ3n) is 3.99.